The lowest BCUT2D eigenvalue weighted by Gasteiger charge is -2.37. The molecule has 0 amide bonds. The lowest BCUT2D eigenvalue weighted by molar-refractivity contribution is 0.102. The second kappa shape index (κ2) is 8.44. The molecule has 1 heterocycles. The maximum absolute atomic E-state index is 13.4. The van der Waals surface area contributed by atoms with Gasteiger partial charge in [-0.3, -0.25) is 4.79 Å². The molecule has 0 radical (unpaired) electrons. The minimum atomic E-state index is -0.372. The van der Waals surface area contributed by atoms with Gasteiger partial charge < -0.3 is 19.7 Å². The first-order valence-electron chi connectivity index (χ1n) is 9.12. The van der Waals surface area contributed by atoms with Crippen molar-refractivity contribution in [3.8, 4) is 11.5 Å². The molecule has 28 heavy (non-hydrogen) atoms. The quantitative estimate of drug-likeness (QED) is 0.586. The highest BCUT2D eigenvalue weighted by molar-refractivity contribution is 7.80. The van der Waals surface area contributed by atoms with E-state index in [0.717, 1.165) is 11.3 Å². The maximum Gasteiger partial charge on any atom is 0.193 e. The summed E-state index contributed by atoms with van der Waals surface area (Å²) in [5.41, 5.74) is 3.07. The molecular formula is C22H24N2O3S. The topological polar surface area (TPSA) is 50.8 Å². The third-order valence-electron chi connectivity index (χ3n) is 4.93. The van der Waals surface area contributed by atoms with Gasteiger partial charge in [0.25, 0.3) is 0 Å². The number of carbonyl (C=O) groups is 1. The number of allylic oxidation sites excluding steroid dienone is 1. The summed E-state index contributed by atoms with van der Waals surface area (Å²) in [6.45, 7) is 4.64. The van der Waals surface area contributed by atoms with E-state index in [9.17, 15) is 4.79 Å². The molecule has 2 aromatic rings. The van der Waals surface area contributed by atoms with Gasteiger partial charge in [-0.15, -0.1) is 0 Å². The Hall–Kier alpha value is -2.86. The standard InChI is InChI=1S/C22H24N2O3S/c1-5-24-14(2)19(21(25)15-9-7-6-8-10-15)20(23-22(24)28)16-11-12-17(26-3)18(13-16)27-4/h6-13,20H,5H2,1-4H3,(H,23,28). The number of thiocarbonyl (C=S) groups is 1. The van der Waals surface area contributed by atoms with E-state index < -0.39 is 0 Å². The van der Waals surface area contributed by atoms with Crippen LogP contribution in [0.4, 0.5) is 0 Å². The molecule has 1 aliphatic rings. The van der Waals surface area contributed by atoms with Crippen molar-refractivity contribution < 1.29 is 14.3 Å². The van der Waals surface area contributed by atoms with Gasteiger partial charge in [-0.2, -0.15) is 0 Å². The van der Waals surface area contributed by atoms with E-state index in [-0.39, 0.29) is 11.8 Å². The highest BCUT2D eigenvalue weighted by Gasteiger charge is 2.34. The Bertz CT molecular complexity index is 925. The van der Waals surface area contributed by atoms with Crippen LogP contribution in [0.2, 0.25) is 0 Å². The molecule has 3 rings (SSSR count). The summed E-state index contributed by atoms with van der Waals surface area (Å²) in [5, 5.41) is 3.94. The summed E-state index contributed by atoms with van der Waals surface area (Å²) in [6, 6.07) is 14.6. The summed E-state index contributed by atoms with van der Waals surface area (Å²) in [5.74, 6) is 1.22. The fourth-order valence-electron chi connectivity index (χ4n) is 3.48. The van der Waals surface area contributed by atoms with E-state index in [1.54, 1.807) is 14.2 Å². The lowest BCUT2D eigenvalue weighted by atomic mass is 9.89. The van der Waals surface area contributed by atoms with Crippen LogP contribution in [0.1, 0.15) is 35.8 Å². The number of Topliss-reactive ketones (excluding diaryl/α,β-unsaturated/α-hetero) is 1. The van der Waals surface area contributed by atoms with Gasteiger partial charge in [-0.1, -0.05) is 36.4 Å². The molecule has 2 aromatic carbocycles. The van der Waals surface area contributed by atoms with Gasteiger partial charge in [0, 0.05) is 23.4 Å². The van der Waals surface area contributed by atoms with E-state index in [1.165, 1.54) is 0 Å². The molecule has 0 aromatic heterocycles. The average molecular weight is 397 g/mol. The van der Waals surface area contributed by atoms with E-state index in [1.807, 2.05) is 67.3 Å². The van der Waals surface area contributed by atoms with E-state index in [2.05, 4.69) is 5.32 Å². The van der Waals surface area contributed by atoms with Crippen LogP contribution in [0, 0.1) is 0 Å². The summed E-state index contributed by atoms with van der Waals surface area (Å²) in [7, 11) is 3.19. The van der Waals surface area contributed by atoms with Crippen LogP contribution in [-0.2, 0) is 0 Å². The molecule has 1 unspecified atom stereocenters. The number of methoxy groups -OCH3 is 2. The SMILES string of the molecule is CCN1C(=S)NC(c2ccc(OC)c(OC)c2)C(C(=O)c2ccccc2)=C1C. The van der Waals surface area contributed by atoms with Gasteiger partial charge in [0.05, 0.1) is 20.3 Å². The predicted molar refractivity (Wildman–Crippen MR) is 114 cm³/mol. The number of benzene rings is 2. The normalized spacial score (nSPS) is 16.6. The molecule has 0 aliphatic carbocycles. The zero-order chi connectivity index (χ0) is 20.3. The van der Waals surface area contributed by atoms with Crippen molar-refractivity contribution in [1.29, 1.82) is 0 Å². The zero-order valence-electron chi connectivity index (χ0n) is 16.5. The van der Waals surface area contributed by atoms with Gasteiger partial charge in [0.1, 0.15) is 0 Å². The Morgan fingerprint density at radius 2 is 1.79 bits per heavy atom. The molecule has 6 heteroatoms. The second-order valence-corrected chi connectivity index (χ2v) is 6.82. The Kier molecular flexibility index (Phi) is 5.99. The van der Waals surface area contributed by atoms with Crippen molar-refractivity contribution in [3.05, 3.63) is 70.9 Å². The fraction of sp³-hybridized carbons (Fsp3) is 0.273. The summed E-state index contributed by atoms with van der Waals surface area (Å²) < 4.78 is 10.8. The summed E-state index contributed by atoms with van der Waals surface area (Å²) >= 11 is 5.56. The van der Waals surface area contributed by atoms with Crippen molar-refractivity contribution in [2.75, 3.05) is 20.8 Å². The molecule has 0 fully saturated rings. The van der Waals surface area contributed by atoms with Crippen LogP contribution in [0.3, 0.4) is 0 Å². The number of rotatable bonds is 6. The first-order valence-corrected chi connectivity index (χ1v) is 9.53. The third kappa shape index (κ3) is 3.60. The van der Waals surface area contributed by atoms with Crippen molar-refractivity contribution in [2.24, 2.45) is 0 Å². The van der Waals surface area contributed by atoms with Crippen LogP contribution < -0.4 is 14.8 Å². The number of ether oxygens (including phenoxy) is 2. The number of hydrogen-bond donors (Lipinski definition) is 1. The van der Waals surface area contributed by atoms with Crippen molar-refractivity contribution >= 4 is 23.1 Å². The smallest absolute Gasteiger partial charge is 0.193 e. The lowest BCUT2D eigenvalue weighted by Crippen LogP contribution is -2.47. The van der Waals surface area contributed by atoms with E-state index in [4.69, 9.17) is 21.7 Å². The predicted octanol–water partition coefficient (Wildman–Crippen LogP) is 4.11. The van der Waals surface area contributed by atoms with Gasteiger partial charge in [-0.05, 0) is 43.8 Å². The van der Waals surface area contributed by atoms with Gasteiger partial charge >= 0.3 is 0 Å². The molecule has 0 spiro atoms. The molecule has 146 valence electrons. The number of carbonyl (C=O) groups excluding carboxylic acids is 1. The van der Waals surface area contributed by atoms with Gasteiger partial charge in [0.2, 0.25) is 0 Å². The zero-order valence-corrected chi connectivity index (χ0v) is 17.3. The molecular weight excluding hydrogens is 372 g/mol. The minimum Gasteiger partial charge on any atom is -0.493 e. The summed E-state index contributed by atoms with van der Waals surface area (Å²) in [4.78, 5) is 15.4. The molecule has 1 N–H and O–H groups in total. The highest BCUT2D eigenvalue weighted by atomic mass is 32.1. The Morgan fingerprint density at radius 1 is 1.11 bits per heavy atom. The Balaban J connectivity index is 2.14. The Morgan fingerprint density at radius 3 is 2.39 bits per heavy atom. The molecule has 1 aliphatic heterocycles. The summed E-state index contributed by atoms with van der Waals surface area (Å²) in [6.07, 6.45) is 0. The average Bonchev–Trinajstić information content (AvgIpc) is 2.73. The largest absolute Gasteiger partial charge is 0.493 e. The molecule has 0 saturated carbocycles. The van der Waals surface area contributed by atoms with Crippen LogP contribution >= 0.6 is 12.2 Å². The number of ketones is 1. The Labute approximate surface area is 170 Å². The van der Waals surface area contributed by atoms with Crippen molar-refractivity contribution in [2.45, 2.75) is 19.9 Å². The van der Waals surface area contributed by atoms with Crippen LogP contribution in [0.5, 0.6) is 11.5 Å². The first kappa shape index (κ1) is 19.9. The monoisotopic (exact) mass is 396 g/mol. The number of nitrogens with zero attached hydrogens (tertiary/aromatic N) is 1. The van der Waals surface area contributed by atoms with Crippen LogP contribution in [0.15, 0.2) is 59.8 Å². The second-order valence-electron chi connectivity index (χ2n) is 6.44. The first-order chi connectivity index (χ1) is 13.5. The van der Waals surface area contributed by atoms with E-state index >= 15 is 0 Å². The molecule has 1 atom stereocenters. The van der Waals surface area contributed by atoms with Crippen molar-refractivity contribution in [3.63, 3.8) is 0 Å². The van der Waals surface area contributed by atoms with Gasteiger partial charge in [0.15, 0.2) is 22.4 Å². The highest BCUT2D eigenvalue weighted by Crippen LogP contribution is 2.36. The minimum absolute atomic E-state index is 0.0219. The van der Waals surface area contributed by atoms with Crippen LogP contribution in [0.25, 0.3) is 0 Å². The van der Waals surface area contributed by atoms with Crippen LogP contribution in [-0.4, -0.2) is 36.6 Å². The molecule has 5 nitrogen and oxygen atoms in total. The molecule has 0 bridgehead atoms. The van der Waals surface area contributed by atoms with Crippen molar-refractivity contribution in [1.82, 2.24) is 10.2 Å². The van der Waals surface area contributed by atoms with Gasteiger partial charge in [-0.25, -0.2) is 0 Å². The fourth-order valence-corrected chi connectivity index (χ4v) is 3.87. The maximum atomic E-state index is 13.4. The number of nitrogens with one attached hydrogen (secondary N) is 1. The molecule has 0 saturated heterocycles. The third-order valence-corrected chi connectivity index (χ3v) is 5.27. The number of hydrogen-bond acceptors (Lipinski definition) is 4. The van der Waals surface area contributed by atoms with E-state index in [0.29, 0.717) is 34.3 Å².